The summed E-state index contributed by atoms with van der Waals surface area (Å²) in [6.07, 6.45) is 2.92. The first-order chi connectivity index (χ1) is 13.7. The van der Waals surface area contributed by atoms with Crippen LogP contribution in [0.4, 0.5) is 4.79 Å². The van der Waals surface area contributed by atoms with Gasteiger partial charge >= 0.3 is 11.7 Å². The molecule has 158 valence electrons. The molecule has 2 heterocycles. The highest BCUT2D eigenvalue weighted by atomic mass is 16.5. The van der Waals surface area contributed by atoms with E-state index in [9.17, 15) is 14.4 Å². The van der Waals surface area contributed by atoms with Crippen LogP contribution in [0.2, 0.25) is 0 Å². The maximum absolute atomic E-state index is 13.1. The van der Waals surface area contributed by atoms with Gasteiger partial charge in [-0.3, -0.25) is 9.36 Å². The molecule has 0 radical (unpaired) electrons. The molecular formula is C21H30N4O4. The van der Waals surface area contributed by atoms with Gasteiger partial charge in [-0.05, 0) is 42.7 Å². The largest absolute Gasteiger partial charge is 0.381 e. The van der Waals surface area contributed by atoms with Gasteiger partial charge in [0.05, 0.1) is 11.0 Å². The Morgan fingerprint density at radius 2 is 1.97 bits per heavy atom. The van der Waals surface area contributed by atoms with Crippen LogP contribution >= 0.6 is 0 Å². The number of carbonyl (C=O) groups excluding carboxylic acids is 2. The average Bonchev–Trinajstić information content (AvgIpc) is 2.95. The highest BCUT2D eigenvalue weighted by molar-refractivity contribution is 5.92. The van der Waals surface area contributed by atoms with Crippen LogP contribution in [0.15, 0.2) is 29.1 Å². The molecule has 1 aliphatic rings. The number of hydrogen-bond donors (Lipinski definition) is 2. The van der Waals surface area contributed by atoms with Crippen LogP contribution in [0.1, 0.15) is 40.0 Å². The fourth-order valence-corrected chi connectivity index (χ4v) is 3.87. The van der Waals surface area contributed by atoms with E-state index in [-0.39, 0.29) is 0 Å². The number of fused-ring (bicyclic) bond motifs is 1. The third kappa shape index (κ3) is 4.53. The molecule has 0 aliphatic carbocycles. The lowest BCUT2D eigenvalue weighted by atomic mass is 9.86. The first-order valence-electron chi connectivity index (χ1n) is 10.1. The Morgan fingerprint density at radius 1 is 1.28 bits per heavy atom. The van der Waals surface area contributed by atoms with Crippen LogP contribution in [0.25, 0.3) is 11.0 Å². The lowest BCUT2D eigenvalue weighted by Gasteiger charge is -2.28. The number of hydrogen-bond acceptors (Lipinski definition) is 4. The molecule has 1 aromatic carbocycles. The van der Waals surface area contributed by atoms with Crippen molar-refractivity contribution in [3.05, 3.63) is 34.7 Å². The van der Waals surface area contributed by atoms with Gasteiger partial charge in [0.1, 0.15) is 6.04 Å². The first kappa shape index (κ1) is 21.1. The van der Waals surface area contributed by atoms with Crippen molar-refractivity contribution in [1.82, 2.24) is 14.5 Å². The molecule has 0 bridgehead atoms. The summed E-state index contributed by atoms with van der Waals surface area (Å²) < 4.78 is 8.25. The number of nitrogens with one attached hydrogen (secondary N) is 1. The summed E-state index contributed by atoms with van der Waals surface area (Å²) in [4.78, 5) is 37.9. The number of benzene rings is 1. The van der Waals surface area contributed by atoms with Crippen LogP contribution in [0.3, 0.4) is 0 Å². The SMILES string of the molecule is CC(C)(C)[C@H](NC(=O)n1c(=O)n(CCC2CCCOC2)c2ccccc21)C(N)=O. The smallest absolute Gasteiger partial charge is 0.337 e. The summed E-state index contributed by atoms with van der Waals surface area (Å²) in [6, 6.07) is 5.62. The molecule has 0 saturated carbocycles. The zero-order valence-corrected chi connectivity index (χ0v) is 17.3. The normalized spacial score (nSPS) is 18.5. The van der Waals surface area contributed by atoms with Crippen molar-refractivity contribution in [1.29, 1.82) is 0 Å². The Hall–Kier alpha value is -2.61. The Balaban J connectivity index is 1.91. The quantitative estimate of drug-likeness (QED) is 0.798. The number of nitrogens with two attached hydrogens (primary N) is 1. The molecule has 8 nitrogen and oxygen atoms in total. The maximum atomic E-state index is 13.1. The van der Waals surface area contributed by atoms with Crippen LogP contribution in [-0.4, -0.2) is 40.3 Å². The molecule has 2 amide bonds. The predicted molar refractivity (Wildman–Crippen MR) is 111 cm³/mol. The van der Waals surface area contributed by atoms with Crippen LogP contribution in [-0.2, 0) is 16.1 Å². The third-order valence-corrected chi connectivity index (χ3v) is 5.47. The second kappa shape index (κ2) is 8.41. The van der Waals surface area contributed by atoms with Crippen molar-refractivity contribution in [2.75, 3.05) is 13.2 Å². The fraction of sp³-hybridized carbons (Fsp3) is 0.571. The van der Waals surface area contributed by atoms with E-state index in [0.717, 1.165) is 30.4 Å². The van der Waals surface area contributed by atoms with E-state index in [0.29, 0.717) is 30.1 Å². The Bertz CT molecular complexity index is 948. The molecular weight excluding hydrogens is 372 g/mol. The number of ether oxygens (including phenoxy) is 1. The van der Waals surface area contributed by atoms with Crippen molar-refractivity contribution >= 4 is 23.0 Å². The molecule has 1 aliphatic heterocycles. The van der Waals surface area contributed by atoms with Crippen molar-refractivity contribution in [2.45, 2.75) is 52.6 Å². The summed E-state index contributed by atoms with van der Waals surface area (Å²) in [7, 11) is 0. The molecule has 1 unspecified atom stereocenters. The van der Waals surface area contributed by atoms with E-state index in [1.807, 2.05) is 12.1 Å². The minimum atomic E-state index is -0.900. The van der Waals surface area contributed by atoms with Gasteiger partial charge in [0.2, 0.25) is 5.91 Å². The second-order valence-corrected chi connectivity index (χ2v) is 8.78. The molecule has 1 aromatic heterocycles. The molecule has 29 heavy (non-hydrogen) atoms. The highest BCUT2D eigenvalue weighted by Gasteiger charge is 2.32. The van der Waals surface area contributed by atoms with Crippen LogP contribution in [0.5, 0.6) is 0 Å². The number of primary amides is 1. The number of aryl methyl sites for hydroxylation is 1. The summed E-state index contributed by atoms with van der Waals surface area (Å²) in [5.41, 5.74) is 5.68. The Morgan fingerprint density at radius 3 is 2.55 bits per heavy atom. The Labute approximate surface area is 170 Å². The third-order valence-electron chi connectivity index (χ3n) is 5.47. The van der Waals surface area contributed by atoms with Gasteiger partial charge in [0, 0.05) is 19.8 Å². The zero-order valence-electron chi connectivity index (χ0n) is 17.3. The lowest BCUT2D eigenvalue weighted by Crippen LogP contribution is -2.54. The Kier molecular flexibility index (Phi) is 6.12. The number of amides is 2. The second-order valence-electron chi connectivity index (χ2n) is 8.78. The minimum Gasteiger partial charge on any atom is -0.381 e. The van der Waals surface area contributed by atoms with Gasteiger partial charge in [0.25, 0.3) is 0 Å². The number of nitrogens with zero attached hydrogens (tertiary/aromatic N) is 2. The van der Waals surface area contributed by atoms with Gasteiger partial charge in [-0.2, -0.15) is 0 Å². The first-order valence-corrected chi connectivity index (χ1v) is 10.1. The zero-order chi connectivity index (χ0) is 21.2. The molecule has 3 N–H and O–H groups in total. The van der Waals surface area contributed by atoms with Gasteiger partial charge < -0.3 is 15.8 Å². The topological polar surface area (TPSA) is 108 Å². The summed E-state index contributed by atoms with van der Waals surface area (Å²) >= 11 is 0. The molecule has 2 aromatic rings. The summed E-state index contributed by atoms with van der Waals surface area (Å²) in [5, 5.41) is 2.64. The summed E-state index contributed by atoms with van der Waals surface area (Å²) in [6.45, 7) is 7.43. The van der Waals surface area contributed by atoms with E-state index in [1.54, 1.807) is 37.5 Å². The van der Waals surface area contributed by atoms with E-state index in [1.165, 1.54) is 0 Å². The van der Waals surface area contributed by atoms with E-state index in [2.05, 4.69) is 5.32 Å². The van der Waals surface area contributed by atoms with Crippen molar-refractivity contribution in [3.8, 4) is 0 Å². The number of carbonyl (C=O) groups is 2. The average molecular weight is 402 g/mol. The van der Waals surface area contributed by atoms with Gasteiger partial charge in [-0.15, -0.1) is 0 Å². The highest BCUT2D eigenvalue weighted by Crippen LogP contribution is 2.21. The standard InChI is InChI=1S/C21H30N4O4/c1-21(2,3)17(18(22)26)23-19(27)25-16-9-5-4-8-15(16)24(20(25)28)11-10-14-7-6-12-29-13-14/h4-5,8-9,14,17H,6-7,10-13H2,1-3H3,(H2,22,26)(H,23,27)/t14?,17-/m1/s1. The van der Waals surface area contributed by atoms with Crippen molar-refractivity contribution in [3.63, 3.8) is 0 Å². The fourth-order valence-electron chi connectivity index (χ4n) is 3.87. The number of aromatic nitrogens is 2. The van der Waals surface area contributed by atoms with Crippen molar-refractivity contribution in [2.24, 2.45) is 17.1 Å². The molecule has 1 fully saturated rings. The molecule has 3 rings (SSSR count). The van der Waals surface area contributed by atoms with Gasteiger partial charge in [-0.1, -0.05) is 32.9 Å². The van der Waals surface area contributed by atoms with Crippen molar-refractivity contribution < 1.29 is 14.3 Å². The molecule has 2 atom stereocenters. The predicted octanol–water partition coefficient (Wildman–Crippen LogP) is 2.08. The summed E-state index contributed by atoms with van der Waals surface area (Å²) in [5.74, 6) is -0.230. The number of para-hydroxylation sites is 2. The monoisotopic (exact) mass is 402 g/mol. The van der Waals surface area contributed by atoms with E-state index >= 15 is 0 Å². The van der Waals surface area contributed by atoms with Crippen LogP contribution in [0, 0.1) is 11.3 Å². The van der Waals surface area contributed by atoms with E-state index in [4.69, 9.17) is 10.5 Å². The molecule has 8 heteroatoms. The number of rotatable bonds is 5. The molecule has 1 saturated heterocycles. The van der Waals surface area contributed by atoms with Gasteiger partial charge in [0.15, 0.2) is 0 Å². The van der Waals surface area contributed by atoms with E-state index < -0.39 is 29.1 Å². The lowest BCUT2D eigenvalue weighted by molar-refractivity contribution is -0.122. The van der Waals surface area contributed by atoms with Crippen LogP contribution < -0.4 is 16.7 Å². The number of imidazole rings is 1. The van der Waals surface area contributed by atoms with Gasteiger partial charge in [-0.25, -0.2) is 14.2 Å². The minimum absolute atomic E-state index is 0.409. The molecule has 0 spiro atoms. The maximum Gasteiger partial charge on any atom is 0.337 e.